The van der Waals surface area contributed by atoms with Crippen molar-refractivity contribution in [3.05, 3.63) is 81.1 Å². The van der Waals surface area contributed by atoms with Gasteiger partial charge in [-0.2, -0.15) is 13.2 Å². The van der Waals surface area contributed by atoms with E-state index in [0.717, 1.165) is 5.56 Å². The number of carboxylic acids is 1. The monoisotopic (exact) mass is 529 g/mol. The van der Waals surface area contributed by atoms with Crippen LogP contribution in [0.4, 0.5) is 34.8 Å². The Bertz CT molecular complexity index is 1300. The topological polar surface area (TPSA) is 139 Å². The molecule has 14 heteroatoms. The number of aliphatic carboxylic acids is 1. The number of carbonyl (C=O) groups excluding carboxylic acids is 1. The predicted molar refractivity (Wildman–Crippen MR) is 125 cm³/mol. The lowest BCUT2D eigenvalue weighted by molar-refractivity contribution is -0.192. The molecule has 1 heterocycles. The molecule has 1 amide bonds. The smallest absolute Gasteiger partial charge is 0.475 e. The molecule has 9 nitrogen and oxygen atoms in total. The fourth-order valence-corrected chi connectivity index (χ4v) is 2.87. The van der Waals surface area contributed by atoms with Crippen LogP contribution in [0, 0.1) is 12.7 Å². The average molecular weight is 530 g/mol. The van der Waals surface area contributed by atoms with Gasteiger partial charge in [-0.25, -0.2) is 14.2 Å². The number of amides is 1. The first-order valence-corrected chi connectivity index (χ1v) is 10.4. The molecule has 0 unspecified atom stereocenters. The van der Waals surface area contributed by atoms with Gasteiger partial charge in [0.15, 0.2) is 11.0 Å². The summed E-state index contributed by atoms with van der Waals surface area (Å²) < 4.78 is 46.0. The van der Waals surface area contributed by atoms with Crippen molar-refractivity contribution < 1.29 is 32.3 Å². The normalized spacial score (nSPS) is 10.8. The maximum atomic E-state index is 13.1. The number of nitrogens with two attached hydrogens (primary N) is 1. The minimum Gasteiger partial charge on any atom is -0.475 e. The van der Waals surface area contributed by atoms with Gasteiger partial charge in [0.1, 0.15) is 12.4 Å². The Morgan fingerprint density at radius 3 is 2.31 bits per heavy atom. The van der Waals surface area contributed by atoms with Crippen LogP contribution >= 0.6 is 11.6 Å². The van der Waals surface area contributed by atoms with Gasteiger partial charge in [0.05, 0.1) is 5.69 Å². The molecular formula is C22H20ClF4N5O4. The van der Waals surface area contributed by atoms with Crippen molar-refractivity contribution in [3.8, 4) is 0 Å². The van der Waals surface area contributed by atoms with Gasteiger partial charge in [-0.3, -0.25) is 14.2 Å². The van der Waals surface area contributed by atoms with Gasteiger partial charge in [-0.15, -0.1) is 0 Å². The van der Waals surface area contributed by atoms with E-state index in [4.69, 9.17) is 27.2 Å². The molecule has 36 heavy (non-hydrogen) atoms. The fraction of sp³-hybridized carbons (Fsp3) is 0.182. The molecule has 2 aromatic carbocycles. The number of nitrogens with one attached hydrogen (secondary N) is 2. The molecule has 0 bridgehead atoms. The van der Waals surface area contributed by atoms with Crippen LogP contribution in [-0.2, 0) is 22.7 Å². The van der Waals surface area contributed by atoms with Crippen LogP contribution in [0.25, 0.3) is 0 Å². The minimum absolute atomic E-state index is 0.0647. The highest BCUT2D eigenvalue weighted by atomic mass is 35.5. The Labute approximate surface area is 206 Å². The van der Waals surface area contributed by atoms with Crippen molar-refractivity contribution >= 4 is 40.7 Å². The zero-order chi connectivity index (χ0) is 27.0. The first kappa shape index (κ1) is 28.3. The third kappa shape index (κ3) is 8.06. The van der Waals surface area contributed by atoms with E-state index in [9.17, 15) is 27.2 Å². The zero-order valence-electron chi connectivity index (χ0n) is 18.6. The summed E-state index contributed by atoms with van der Waals surface area (Å²) in [6.07, 6.45) is -5.08. The van der Waals surface area contributed by atoms with Gasteiger partial charge in [0.25, 0.3) is 5.56 Å². The van der Waals surface area contributed by atoms with Crippen LogP contribution in [-0.4, -0.2) is 32.7 Å². The van der Waals surface area contributed by atoms with E-state index in [-0.39, 0.29) is 17.5 Å². The Hall–Kier alpha value is -3.97. The van der Waals surface area contributed by atoms with E-state index in [0.29, 0.717) is 23.6 Å². The third-order valence-corrected chi connectivity index (χ3v) is 4.82. The summed E-state index contributed by atoms with van der Waals surface area (Å²) in [5.74, 6) is -3.63. The van der Waals surface area contributed by atoms with Gasteiger partial charge in [0, 0.05) is 17.9 Å². The number of halogens is 5. The Kier molecular flexibility index (Phi) is 9.53. The Morgan fingerprint density at radius 2 is 1.75 bits per heavy atom. The number of hydrogen-bond donors (Lipinski definition) is 4. The van der Waals surface area contributed by atoms with Crippen molar-refractivity contribution in [1.29, 1.82) is 0 Å². The predicted octanol–water partition coefficient (Wildman–Crippen LogP) is 3.82. The molecule has 0 saturated heterocycles. The molecule has 192 valence electrons. The lowest BCUT2D eigenvalue weighted by Gasteiger charge is -2.14. The molecule has 0 radical (unpaired) electrons. The molecule has 0 aliphatic heterocycles. The van der Waals surface area contributed by atoms with Gasteiger partial charge in [-0.05, 0) is 48.9 Å². The van der Waals surface area contributed by atoms with E-state index >= 15 is 0 Å². The second kappa shape index (κ2) is 12.1. The number of alkyl halides is 3. The maximum Gasteiger partial charge on any atom is 0.490 e. The number of hydrogen-bond acceptors (Lipinski definition) is 6. The summed E-state index contributed by atoms with van der Waals surface area (Å²) in [7, 11) is 0. The molecule has 3 rings (SSSR count). The van der Waals surface area contributed by atoms with Gasteiger partial charge >= 0.3 is 12.1 Å². The van der Waals surface area contributed by atoms with Crippen LogP contribution < -0.4 is 21.9 Å². The van der Waals surface area contributed by atoms with Gasteiger partial charge in [-0.1, -0.05) is 23.7 Å². The van der Waals surface area contributed by atoms with Crippen LogP contribution in [0.5, 0.6) is 0 Å². The lowest BCUT2D eigenvalue weighted by atomic mass is 10.2. The molecule has 1 aromatic heterocycles. The summed E-state index contributed by atoms with van der Waals surface area (Å²) in [5.41, 5.74) is 7.35. The standard InChI is InChI=1S/C20H19ClFN5O2.C2HF3O2/c1-12-18(21)26-19(25-15-7-5-14(22)6-8-15)20(29)27(12)11-17(28)24-16-4-2-3-13(9-16)10-23;3-2(4,5)1(6)7/h2-9H,10-11,23H2,1H3,(H,24,28)(H,25,26);(H,6,7). The minimum atomic E-state index is -5.08. The lowest BCUT2D eigenvalue weighted by Crippen LogP contribution is -2.31. The molecular weight excluding hydrogens is 510 g/mol. The van der Waals surface area contributed by atoms with Gasteiger partial charge < -0.3 is 21.5 Å². The number of nitrogens with zero attached hydrogens (tertiary/aromatic N) is 2. The quantitative estimate of drug-likeness (QED) is 0.356. The Morgan fingerprint density at radius 1 is 1.14 bits per heavy atom. The number of carbonyl (C=O) groups is 2. The largest absolute Gasteiger partial charge is 0.490 e. The second-order valence-electron chi connectivity index (χ2n) is 7.12. The van der Waals surface area contributed by atoms with Crippen molar-refractivity contribution in [2.75, 3.05) is 10.6 Å². The van der Waals surface area contributed by atoms with E-state index in [1.54, 1.807) is 25.1 Å². The highest BCUT2D eigenvalue weighted by Crippen LogP contribution is 2.17. The van der Waals surface area contributed by atoms with Gasteiger partial charge in [0.2, 0.25) is 5.91 Å². The number of anilines is 3. The van der Waals surface area contributed by atoms with Crippen molar-refractivity contribution in [2.45, 2.75) is 26.2 Å². The first-order chi connectivity index (χ1) is 16.8. The first-order valence-electron chi connectivity index (χ1n) is 10.00. The van der Waals surface area contributed by atoms with Crippen LogP contribution in [0.1, 0.15) is 11.3 Å². The molecule has 5 N–H and O–H groups in total. The number of rotatable bonds is 6. The molecule has 0 atom stereocenters. The third-order valence-electron chi connectivity index (χ3n) is 4.46. The second-order valence-corrected chi connectivity index (χ2v) is 7.47. The molecule has 3 aromatic rings. The molecule has 0 spiro atoms. The highest BCUT2D eigenvalue weighted by molar-refractivity contribution is 6.30. The summed E-state index contributed by atoms with van der Waals surface area (Å²) in [6.45, 7) is 1.69. The Balaban J connectivity index is 0.000000572. The van der Waals surface area contributed by atoms with E-state index < -0.39 is 29.4 Å². The molecule has 0 fully saturated rings. The number of carboxylic acid groups (broad SMARTS) is 1. The molecule has 0 aliphatic carbocycles. The summed E-state index contributed by atoms with van der Waals surface area (Å²) in [5, 5.41) is 12.7. The number of benzene rings is 2. The molecule has 0 saturated carbocycles. The summed E-state index contributed by atoms with van der Waals surface area (Å²) >= 11 is 6.15. The summed E-state index contributed by atoms with van der Waals surface area (Å²) in [6, 6.07) is 12.5. The fourth-order valence-electron chi connectivity index (χ4n) is 2.68. The molecule has 0 aliphatic rings. The average Bonchev–Trinajstić information content (AvgIpc) is 2.81. The van der Waals surface area contributed by atoms with Crippen LogP contribution in [0.3, 0.4) is 0 Å². The highest BCUT2D eigenvalue weighted by Gasteiger charge is 2.38. The number of aromatic nitrogens is 2. The van der Waals surface area contributed by atoms with Crippen molar-refractivity contribution in [3.63, 3.8) is 0 Å². The van der Waals surface area contributed by atoms with E-state index in [1.807, 2.05) is 6.07 Å². The van der Waals surface area contributed by atoms with E-state index in [1.165, 1.54) is 28.8 Å². The van der Waals surface area contributed by atoms with Crippen LogP contribution in [0.15, 0.2) is 53.3 Å². The SMILES string of the molecule is Cc1c(Cl)nc(Nc2ccc(F)cc2)c(=O)n1CC(=O)Nc1cccc(CN)c1.O=C(O)C(F)(F)F. The maximum absolute atomic E-state index is 13.1. The zero-order valence-corrected chi connectivity index (χ0v) is 19.3. The van der Waals surface area contributed by atoms with Crippen molar-refractivity contribution in [1.82, 2.24) is 9.55 Å². The van der Waals surface area contributed by atoms with Crippen LogP contribution in [0.2, 0.25) is 5.15 Å². The summed E-state index contributed by atoms with van der Waals surface area (Å²) in [4.78, 5) is 38.2. The van der Waals surface area contributed by atoms with E-state index in [2.05, 4.69) is 15.6 Å². The van der Waals surface area contributed by atoms with Crippen molar-refractivity contribution in [2.24, 2.45) is 5.73 Å².